The van der Waals surface area contributed by atoms with Crippen molar-refractivity contribution in [1.29, 1.82) is 0 Å². The predicted molar refractivity (Wildman–Crippen MR) is 91.9 cm³/mol. The van der Waals surface area contributed by atoms with Crippen molar-refractivity contribution in [3.8, 4) is 0 Å². The number of rotatable bonds is 3. The van der Waals surface area contributed by atoms with Gasteiger partial charge < -0.3 is 11.1 Å². The Balaban J connectivity index is 0.00000289. The monoisotopic (exact) mass is 379 g/mol. The van der Waals surface area contributed by atoms with E-state index in [2.05, 4.69) is 61.6 Å². The third kappa shape index (κ3) is 7.10. The summed E-state index contributed by atoms with van der Waals surface area (Å²) in [6.45, 7) is 6.79. The largest absolute Gasteiger partial charge is 0.370 e. The molecule has 0 saturated heterocycles. The highest BCUT2D eigenvalue weighted by Gasteiger charge is 2.09. The number of nitrogens with two attached hydrogens (primary N) is 1. The Kier molecular flexibility index (Phi) is 7.70. The molecule has 1 rings (SSSR count). The average Bonchev–Trinajstić information content (AvgIpc) is 2.25. The summed E-state index contributed by atoms with van der Waals surface area (Å²) in [5.41, 5.74) is 6.92. The van der Waals surface area contributed by atoms with Gasteiger partial charge in [0.15, 0.2) is 5.96 Å². The molecule has 0 aliphatic carbocycles. The van der Waals surface area contributed by atoms with Gasteiger partial charge >= 0.3 is 0 Å². The van der Waals surface area contributed by atoms with Crippen LogP contribution in [0.1, 0.15) is 26.3 Å². The van der Waals surface area contributed by atoms with E-state index in [1.807, 2.05) is 0 Å². The zero-order valence-electron chi connectivity index (χ0n) is 11.4. The van der Waals surface area contributed by atoms with E-state index in [1.165, 1.54) is 10.5 Å². The number of halogens is 1. The molecule has 0 atom stereocenters. The zero-order valence-corrected chi connectivity index (χ0v) is 14.5. The van der Waals surface area contributed by atoms with E-state index in [-0.39, 0.29) is 29.5 Å². The minimum Gasteiger partial charge on any atom is -0.370 e. The van der Waals surface area contributed by atoms with Gasteiger partial charge in [0, 0.05) is 10.4 Å². The van der Waals surface area contributed by atoms with Gasteiger partial charge in [-0.25, -0.2) is 4.99 Å². The van der Waals surface area contributed by atoms with Crippen molar-refractivity contribution < 1.29 is 0 Å². The zero-order chi connectivity index (χ0) is 12.9. The molecule has 0 radical (unpaired) electrons. The van der Waals surface area contributed by atoms with Crippen molar-refractivity contribution in [2.75, 3.05) is 6.26 Å². The van der Waals surface area contributed by atoms with Crippen LogP contribution in [0.25, 0.3) is 0 Å². The molecule has 0 fully saturated rings. The fourth-order valence-corrected chi connectivity index (χ4v) is 1.74. The summed E-state index contributed by atoms with van der Waals surface area (Å²) in [6.07, 6.45) is 2.07. The molecule has 0 saturated carbocycles. The van der Waals surface area contributed by atoms with E-state index in [0.29, 0.717) is 12.5 Å². The van der Waals surface area contributed by atoms with Gasteiger partial charge in [-0.3, -0.25) is 0 Å². The minimum atomic E-state index is -0.0453. The third-order valence-electron chi connectivity index (χ3n) is 2.09. The number of benzene rings is 1. The molecule has 0 heterocycles. The lowest BCUT2D eigenvalue weighted by Gasteiger charge is -2.20. The maximum absolute atomic E-state index is 5.80. The number of aliphatic imine (C=N–C) groups is 1. The van der Waals surface area contributed by atoms with E-state index in [4.69, 9.17) is 5.73 Å². The summed E-state index contributed by atoms with van der Waals surface area (Å²) in [5, 5.41) is 3.14. The fraction of sp³-hybridized carbons (Fsp3) is 0.462. The van der Waals surface area contributed by atoms with Crippen molar-refractivity contribution in [2.24, 2.45) is 10.7 Å². The van der Waals surface area contributed by atoms with Crippen molar-refractivity contribution in [3.63, 3.8) is 0 Å². The van der Waals surface area contributed by atoms with Crippen LogP contribution in [0.4, 0.5) is 0 Å². The van der Waals surface area contributed by atoms with Gasteiger partial charge in [0.05, 0.1) is 6.54 Å². The summed E-state index contributed by atoms with van der Waals surface area (Å²) < 4.78 is 0. The van der Waals surface area contributed by atoms with Crippen LogP contribution in [-0.4, -0.2) is 17.8 Å². The predicted octanol–water partition coefficient (Wildman–Crippen LogP) is 3.23. The van der Waals surface area contributed by atoms with E-state index in [0.717, 1.165) is 0 Å². The Bertz CT molecular complexity index is 382. The smallest absolute Gasteiger partial charge is 0.189 e. The molecule has 0 unspecified atom stereocenters. The van der Waals surface area contributed by atoms with Gasteiger partial charge in [-0.05, 0) is 44.7 Å². The van der Waals surface area contributed by atoms with E-state index < -0.39 is 0 Å². The third-order valence-corrected chi connectivity index (χ3v) is 2.84. The first-order chi connectivity index (χ1) is 7.90. The number of hydrogen-bond donors (Lipinski definition) is 2. The molecule has 0 bridgehead atoms. The van der Waals surface area contributed by atoms with Crippen LogP contribution in [0, 0.1) is 0 Å². The number of nitrogens with one attached hydrogen (secondary N) is 1. The van der Waals surface area contributed by atoms with Crippen molar-refractivity contribution in [1.82, 2.24) is 5.32 Å². The maximum atomic E-state index is 5.80. The molecule has 0 amide bonds. The number of guanidine groups is 1. The molecule has 1 aromatic rings. The van der Waals surface area contributed by atoms with Gasteiger partial charge in [0.1, 0.15) is 0 Å². The molecule has 0 aliphatic rings. The highest BCUT2D eigenvalue weighted by molar-refractivity contribution is 14.0. The Hall–Kier alpha value is -0.430. The molecule has 1 aromatic carbocycles. The fourth-order valence-electron chi connectivity index (χ4n) is 1.33. The molecular formula is C13H22IN3S. The molecule has 3 N–H and O–H groups in total. The average molecular weight is 379 g/mol. The molecule has 102 valence electrons. The van der Waals surface area contributed by atoms with E-state index in [9.17, 15) is 0 Å². The molecule has 18 heavy (non-hydrogen) atoms. The standard InChI is InChI=1S/C13H21N3S.HI/c1-13(2,3)16-12(14)15-9-10-5-7-11(17-4)8-6-10;/h5-8H,9H2,1-4H3,(H3,14,15,16);1H. The lowest BCUT2D eigenvalue weighted by molar-refractivity contribution is 0.508. The lowest BCUT2D eigenvalue weighted by Crippen LogP contribution is -2.44. The molecule has 0 aromatic heterocycles. The van der Waals surface area contributed by atoms with Crippen molar-refractivity contribution in [2.45, 2.75) is 37.8 Å². The van der Waals surface area contributed by atoms with Crippen LogP contribution < -0.4 is 11.1 Å². The number of nitrogens with zero attached hydrogens (tertiary/aromatic N) is 1. The highest BCUT2D eigenvalue weighted by Crippen LogP contribution is 2.15. The van der Waals surface area contributed by atoms with Crippen molar-refractivity contribution >= 4 is 41.7 Å². The summed E-state index contributed by atoms with van der Waals surface area (Å²) in [7, 11) is 0. The Morgan fingerprint density at radius 2 is 1.83 bits per heavy atom. The minimum absolute atomic E-state index is 0. The van der Waals surface area contributed by atoms with Crippen molar-refractivity contribution in [3.05, 3.63) is 29.8 Å². The molecular weight excluding hydrogens is 357 g/mol. The van der Waals surface area contributed by atoms with Crippen LogP contribution in [0.5, 0.6) is 0 Å². The number of hydrogen-bond acceptors (Lipinski definition) is 2. The van der Waals surface area contributed by atoms with Gasteiger partial charge in [-0.2, -0.15) is 0 Å². The Labute approximate surface area is 131 Å². The van der Waals surface area contributed by atoms with Crippen LogP contribution in [0.15, 0.2) is 34.2 Å². The Morgan fingerprint density at radius 1 is 1.28 bits per heavy atom. The quantitative estimate of drug-likeness (QED) is 0.367. The topological polar surface area (TPSA) is 50.4 Å². The van der Waals surface area contributed by atoms with Gasteiger partial charge in [0.25, 0.3) is 0 Å². The van der Waals surface area contributed by atoms with Gasteiger partial charge in [-0.1, -0.05) is 12.1 Å². The molecule has 5 heteroatoms. The van der Waals surface area contributed by atoms with Gasteiger partial charge in [-0.15, -0.1) is 35.7 Å². The van der Waals surface area contributed by atoms with Gasteiger partial charge in [0.2, 0.25) is 0 Å². The van der Waals surface area contributed by atoms with E-state index >= 15 is 0 Å². The van der Waals surface area contributed by atoms with E-state index in [1.54, 1.807) is 11.8 Å². The van der Waals surface area contributed by atoms with Crippen LogP contribution in [0.3, 0.4) is 0 Å². The second kappa shape index (κ2) is 7.89. The first kappa shape index (κ1) is 17.6. The molecule has 3 nitrogen and oxygen atoms in total. The van der Waals surface area contributed by atoms with Crippen LogP contribution in [-0.2, 0) is 6.54 Å². The molecule has 0 aliphatic heterocycles. The normalized spacial score (nSPS) is 11.9. The summed E-state index contributed by atoms with van der Waals surface area (Å²) in [5.74, 6) is 0.492. The maximum Gasteiger partial charge on any atom is 0.189 e. The molecule has 0 spiro atoms. The number of thioether (sulfide) groups is 1. The van der Waals surface area contributed by atoms with Crippen LogP contribution >= 0.6 is 35.7 Å². The summed E-state index contributed by atoms with van der Waals surface area (Å²) in [6, 6.07) is 8.37. The highest BCUT2D eigenvalue weighted by atomic mass is 127. The second-order valence-corrected chi connectivity index (χ2v) is 5.80. The summed E-state index contributed by atoms with van der Waals surface area (Å²) >= 11 is 1.74. The van der Waals surface area contributed by atoms with Crippen LogP contribution in [0.2, 0.25) is 0 Å². The first-order valence-electron chi connectivity index (χ1n) is 5.62. The lowest BCUT2D eigenvalue weighted by atomic mass is 10.1. The first-order valence-corrected chi connectivity index (χ1v) is 6.84. The second-order valence-electron chi connectivity index (χ2n) is 4.92. The Morgan fingerprint density at radius 3 is 2.28 bits per heavy atom. The SMILES string of the molecule is CSc1ccc(CN=C(N)NC(C)(C)C)cc1.I. The summed E-state index contributed by atoms with van der Waals surface area (Å²) in [4.78, 5) is 5.57.